The third kappa shape index (κ3) is 3.50. The maximum absolute atomic E-state index is 6.00. The number of nitrogens with one attached hydrogen (secondary N) is 1. The van der Waals surface area contributed by atoms with Gasteiger partial charge in [0.25, 0.3) is 0 Å². The Morgan fingerprint density at radius 2 is 1.71 bits per heavy atom. The molecule has 1 heterocycles. The standard InChI is InChI=1S/C19H21ClN4/c1-21-12-5-13-24(2)19-17-7-4-3-6-16(17)18(22-23-19)14-8-10-15(20)11-9-14/h3-4,6-11,21H,5,12-13H2,1-2H3. The van der Waals surface area contributed by atoms with Crippen LogP contribution in [-0.4, -0.2) is 37.4 Å². The van der Waals surface area contributed by atoms with Crippen LogP contribution in [0.1, 0.15) is 6.42 Å². The molecule has 124 valence electrons. The largest absolute Gasteiger partial charge is 0.358 e. The molecule has 0 unspecified atom stereocenters. The van der Waals surface area contributed by atoms with Gasteiger partial charge in [-0.3, -0.25) is 0 Å². The summed E-state index contributed by atoms with van der Waals surface area (Å²) in [5, 5.41) is 15.1. The molecule has 0 atom stereocenters. The van der Waals surface area contributed by atoms with Gasteiger partial charge in [-0.25, -0.2) is 0 Å². The van der Waals surface area contributed by atoms with Gasteiger partial charge in [0, 0.05) is 35.0 Å². The average Bonchev–Trinajstić information content (AvgIpc) is 2.62. The Morgan fingerprint density at radius 1 is 1.00 bits per heavy atom. The molecule has 24 heavy (non-hydrogen) atoms. The topological polar surface area (TPSA) is 41.0 Å². The van der Waals surface area contributed by atoms with Crippen LogP contribution in [0.2, 0.25) is 5.02 Å². The quantitative estimate of drug-likeness (QED) is 0.689. The zero-order valence-corrected chi connectivity index (χ0v) is 14.7. The van der Waals surface area contributed by atoms with E-state index in [-0.39, 0.29) is 0 Å². The lowest BCUT2D eigenvalue weighted by atomic mass is 10.0. The van der Waals surface area contributed by atoms with Crippen molar-refractivity contribution in [2.24, 2.45) is 0 Å². The fourth-order valence-corrected chi connectivity index (χ4v) is 2.92. The van der Waals surface area contributed by atoms with Gasteiger partial charge in [0.05, 0.1) is 0 Å². The van der Waals surface area contributed by atoms with Crippen LogP contribution in [0.3, 0.4) is 0 Å². The number of hydrogen-bond donors (Lipinski definition) is 1. The summed E-state index contributed by atoms with van der Waals surface area (Å²) in [6.07, 6.45) is 1.06. The predicted octanol–water partition coefficient (Wildman–Crippen LogP) is 4.00. The number of halogens is 1. The Morgan fingerprint density at radius 3 is 2.42 bits per heavy atom. The van der Waals surface area contributed by atoms with Crippen molar-refractivity contribution in [1.29, 1.82) is 0 Å². The molecule has 0 aliphatic rings. The van der Waals surface area contributed by atoms with Crippen molar-refractivity contribution in [2.45, 2.75) is 6.42 Å². The van der Waals surface area contributed by atoms with Gasteiger partial charge in [-0.1, -0.05) is 48.0 Å². The molecule has 0 radical (unpaired) electrons. The lowest BCUT2D eigenvalue weighted by Crippen LogP contribution is -2.23. The molecule has 4 nitrogen and oxygen atoms in total. The highest BCUT2D eigenvalue weighted by Gasteiger charge is 2.13. The van der Waals surface area contributed by atoms with Crippen molar-refractivity contribution in [3.05, 3.63) is 53.6 Å². The van der Waals surface area contributed by atoms with Crippen LogP contribution < -0.4 is 10.2 Å². The van der Waals surface area contributed by atoms with Crippen molar-refractivity contribution >= 4 is 28.2 Å². The van der Waals surface area contributed by atoms with E-state index in [1.807, 2.05) is 43.4 Å². The van der Waals surface area contributed by atoms with Crippen molar-refractivity contribution < 1.29 is 0 Å². The molecule has 0 amide bonds. The summed E-state index contributed by atoms with van der Waals surface area (Å²) >= 11 is 6.00. The molecular formula is C19H21ClN4. The maximum atomic E-state index is 6.00. The second-order valence-corrected chi connectivity index (χ2v) is 6.24. The minimum Gasteiger partial charge on any atom is -0.358 e. The van der Waals surface area contributed by atoms with Crippen LogP contribution in [0, 0.1) is 0 Å². The molecule has 5 heteroatoms. The van der Waals surface area contributed by atoms with Crippen LogP contribution in [0.15, 0.2) is 48.5 Å². The van der Waals surface area contributed by atoms with Crippen LogP contribution in [0.4, 0.5) is 5.82 Å². The Balaban J connectivity index is 2.02. The SMILES string of the molecule is CNCCCN(C)c1nnc(-c2ccc(Cl)cc2)c2ccccc12. The monoisotopic (exact) mass is 340 g/mol. The molecule has 0 aliphatic carbocycles. The van der Waals surface area contributed by atoms with E-state index in [9.17, 15) is 0 Å². The molecule has 0 saturated carbocycles. The van der Waals surface area contributed by atoms with Gasteiger partial charge in [0.2, 0.25) is 0 Å². The molecule has 1 aromatic heterocycles. The summed E-state index contributed by atoms with van der Waals surface area (Å²) in [6.45, 7) is 1.92. The summed E-state index contributed by atoms with van der Waals surface area (Å²) in [5.74, 6) is 0.916. The Labute approximate surface area is 147 Å². The summed E-state index contributed by atoms with van der Waals surface area (Å²) in [5.41, 5.74) is 1.90. The van der Waals surface area contributed by atoms with Crippen LogP contribution in [0.25, 0.3) is 22.0 Å². The third-order valence-corrected chi connectivity index (χ3v) is 4.32. The Bertz CT molecular complexity index is 817. The highest BCUT2D eigenvalue weighted by molar-refractivity contribution is 6.30. The minimum atomic E-state index is 0.719. The maximum Gasteiger partial charge on any atom is 0.158 e. The molecule has 0 bridgehead atoms. The molecule has 3 rings (SSSR count). The lowest BCUT2D eigenvalue weighted by molar-refractivity contribution is 0.708. The van der Waals surface area contributed by atoms with E-state index >= 15 is 0 Å². The zero-order chi connectivity index (χ0) is 16.9. The van der Waals surface area contributed by atoms with Gasteiger partial charge in [-0.05, 0) is 32.1 Å². The summed E-state index contributed by atoms with van der Waals surface area (Å²) in [4.78, 5) is 2.16. The number of anilines is 1. The van der Waals surface area contributed by atoms with E-state index in [0.29, 0.717) is 0 Å². The first-order valence-corrected chi connectivity index (χ1v) is 8.45. The smallest absolute Gasteiger partial charge is 0.158 e. The Hall–Kier alpha value is -2.17. The number of fused-ring (bicyclic) bond motifs is 1. The van der Waals surface area contributed by atoms with Gasteiger partial charge in [-0.15, -0.1) is 10.2 Å². The van der Waals surface area contributed by atoms with E-state index in [1.54, 1.807) is 0 Å². The van der Waals surface area contributed by atoms with E-state index < -0.39 is 0 Å². The number of hydrogen-bond acceptors (Lipinski definition) is 4. The highest BCUT2D eigenvalue weighted by Crippen LogP contribution is 2.31. The van der Waals surface area contributed by atoms with Crippen LogP contribution in [-0.2, 0) is 0 Å². The number of rotatable bonds is 6. The molecular weight excluding hydrogens is 320 g/mol. The second-order valence-electron chi connectivity index (χ2n) is 5.80. The van der Waals surface area contributed by atoms with Crippen molar-refractivity contribution in [2.75, 3.05) is 32.1 Å². The highest BCUT2D eigenvalue weighted by atomic mass is 35.5. The van der Waals surface area contributed by atoms with Gasteiger partial charge >= 0.3 is 0 Å². The minimum absolute atomic E-state index is 0.719. The van der Waals surface area contributed by atoms with Gasteiger partial charge in [0.15, 0.2) is 5.82 Å². The van der Waals surface area contributed by atoms with Gasteiger partial charge < -0.3 is 10.2 Å². The van der Waals surface area contributed by atoms with Crippen molar-refractivity contribution in [3.63, 3.8) is 0 Å². The van der Waals surface area contributed by atoms with E-state index in [4.69, 9.17) is 11.6 Å². The normalized spacial score (nSPS) is 11.0. The zero-order valence-electron chi connectivity index (χ0n) is 14.0. The molecule has 0 saturated heterocycles. The average molecular weight is 341 g/mol. The summed E-state index contributed by atoms with van der Waals surface area (Å²) in [7, 11) is 4.03. The lowest BCUT2D eigenvalue weighted by Gasteiger charge is -2.20. The fourth-order valence-electron chi connectivity index (χ4n) is 2.79. The van der Waals surface area contributed by atoms with Gasteiger partial charge in [-0.2, -0.15) is 0 Å². The molecule has 2 aromatic carbocycles. The van der Waals surface area contributed by atoms with E-state index in [2.05, 4.69) is 39.6 Å². The van der Waals surface area contributed by atoms with Crippen LogP contribution >= 0.6 is 11.6 Å². The second kappa shape index (κ2) is 7.60. The first kappa shape index (κ1) is 16.7. The van der Waals surface area contributed by atoms with Crippen LogP contribution in [0.5, 0.6) is 0 Å². The van der Waals surface area contributed by atoms with Crippen molar-refractivity contribution in [1.82, 2.24) is 15.5 Å². The van der Waals surface area contributed by atoms with E-state index in [1.165, 1.54) is 0 Å². The number of nitrogens with zero attached hydrogens (tertiary/aromatic N) is 3. The predicted molar refractivity (Wildman–Crippen MR) is 102 cm³/mol. The Kier molecular flexibility index (Phi) is 5.28. The molecule has 0 spiro atoms. The molecule has 0 fully saturated rings. The first-order chi connectivity index (χ1) is 11.7. The summed E-state index contributed by atoms with van der Waals surface area (Å²) in [6, 6.07) is 16.0. The molecule has 0 aliphatic heterocycles. The summed E-state index contributed by atoms with van der Waals surface area (Å²) < 4.78 is 0. The molecule has 1 N–H and O–H groups in total. The fraction of sp³-hybridized carbons (Fsp3) is 0.263. The number of benzene rings is 2. The van der Waals surface area contributed by atoms with E-state index in [0.717, 1.165) is 52.4 Å². The van der Waals surface area contributed by atoms with Gasteiger partial charge in [0.1, 0.15) is 5.69 Å². The third-order valence-electron chi connectivity index (χ3n) is 4.07. The number of aromatic nitrogens is 2. The first-order valence-electron chi connectivity index (χ1n) is 8.08. The van der Waals surface area contributed by atoms with Crippen molar-refractivity contribution in [3.8, 4) is 11.3 Å². The molecule has 3 aromatic rings.